The zero-order valence-corrected chi connectivity index (χ0v) is 29.8. The average molecular weight is 765 g/mol. The lowest BCUT2D eigenvalue weighted by atomic mass is 10.1. The van der Waals surface area contributed by atoms with Gasteiger partial charge in [0, 0.05) is 37.1 Å². The Bertz CT molecular complexity index is 1860. The molecule has 0 fully saturated rings. The number of nitrogens with one attached hydrogen (secondary N) is 4. The Morgan fingerprint density at radius 1 is 1.02 bits per heavy atom. The number of ether oxygens (including phenoxy) is 2. The first-order chi connectivity index (χ1) is 25.2. The van der Waals surface area contributed by atoms with Crippen LogP contribution < -0.4 is 27.2 Å². The van der Waals surface area contributed by atoms with Crippen LogP contribution in [0.4, 0.5) is 11.6 Å². The van der Waals surface area contributed by atoms with Crippen LogP contribution in [0.3, 0.4) is 0 Å². The number of carboxylic acids is 1. The molecule has 0 spiro atoms. The van der Waals surface area contributed by atoms with Gasteiger partial charge in [-0.1, -0.05) is 13.8 Å². The Kier molecular flexibility index (Phi) is 16.4. The molecular formula is C31H41N8O13P. The van der Waals surface area contributed by atoms with Crippen LogP contribution in [0.2, 0.25) is 0 Å². The number of aromatic amines is 1. The van der Waals surface area contributed by atoms with Crippen LogP contribution in [0.5, 0.6) is 0 Å². The number of esters is 2. The van der Waals surface area contributed by atoms with Crippen molar-refractivity contribution in [3.05, 3.63) is 52.1 Å². The van der Waals surface area contributed by atoms with Crippen molar-refractivity contribution >= 4 is 60.2 Å². The molecular weight excluding hydrogens is 723 g/mol. The molecule has 3 rings (SSSR count). The highest BCUT2D eigenvalue weighted by Gasteiger charge is 2.26. The zero-order chi connectivity index (χ0) is 39.0. The van der Waals surface area contributed by atoms with Crippen molar-refractivity contribution in [3.63, 3.8) is 0 Å². The minimum absolute atomic E-state index is 0.0175. The first-order valence-corrected chi connectivity index (χ1v) is 17.8. The van der Waals surface area contributed by atoms with Crippen molar-refractivity contribution in [1.29, 1.82) is 0 Å². The van der Waals surface area contributed by atoms with Gasteiger partial charge >= 0.3 is 25.7 Å². The number of nitrogens with two attached hydrogens (primary N) is 1. The van der Waals surface area contributed by atoms with Crippen LogP contribution in [0.1, 0.15) is 55.6 Å². The minimum Gasteiger partial charge on any atom is -0.480 e. The molecule has 0 aliphatic carbocycles. The minimum atomic E-state index is -4.61. The second-order valence-electron chi connectivity index (χ2n) is 11.1. The summed E-state index contributed by atoms with van der Waals surface area (Å²) in [5.74, 6) is -3.69. The van der Waals surface area contributed by atoms with E-state index < -0.39 is 61.7 Å². The van der Waals surface area contributed by atoms with E-state index in [9.17, 15) is 43.3 Å². The summed E-state index contributed by atoms with van der Waals surface area (Å²) in [5, 5.41) is 17.8. The molecule has 22 heteroatoms. The number of amides is 1. The Morgan fingerprint density at radius 3 is 2.42 bits per heavy atom. The van der Waals surface area contributed by atoms with Crippen molar-refractivity contribution in [3.8, 4) is 0 Å². The number of carbonyl (C=O) groups excluding carboxylic acids is 4. The Morgan fingerprint density at radius 2 is 1.74 bits per heavy atom. The van der Waals surface area contributed by atoms with Crippen LogP contribution in [-0.2, 0) is 48.8 Å². The molecule has 53 heavy (non-hydrogen) atoms. The summed E-state index contributed by atoms with van der Waals surface area (Å²) in [6.07, 6.45) is -0.0197. The molecule has 0 bridgehead atoms. The van der Waals surface area contributed by atoms with E-state index in [4.69, 9.17) is 24.3 Å². The molecule has 2 aromatic heterocycles. The number of hydrogen-bond acceptors (Lipinski definition) is 17. The van der Waals surface area contributed by atoms with Crippen LogP contribution in [0, 0.1) is 0 Å². The van der Waals surface area contributed by atoms with Crippen LogP contribution >= 0.6 is 7.82 Å². The molecule has 0 saturated heterocycles. The molecule has 1 amide bonds. The smallest absolute Gasteiger partial charge is 0.472 e. The number of anilines is 2. The maximum atomic E-state index is 12.8. The summed E-state index contributed by atoms with van der Waals surface area (Å²) in [6, 6.07) is 4.75. The first-order valence-electron chi connectivity index (χ1n) is 16.3. The number of aliphatic carboxylic acids is 1. The molecule has 21 nitrogen and oxygen atoms in total. The van der Waals surface area contributed by atoms with Gasteiger partial charge in [-0.25, -0.2) is 19.3 Å². The largest absolute Gasteiger partial charge is 0.480 e. The topological polar surface area (TPSA) is 313 Å². The van der Waals surface area contributed by atoms with Crippen LogP contribution in [-0.4, -0.2) is 105 Å². The third kappa shape index (κ3) is 14.7. The normalized spacial score (nSPS) is 13.3. The number of H-pyrrole nitrogens is 1. The van der Waals surface area contributed by atoms with Gasteiger partial charge in [-0.15, -0.1) is 0 Å². The number of hydrogen-bond donors (Lipinski definition) is 7. The zero-order valence-electron chi connectivity index (χ0n) is 28.9. The van der Waals surface area contributed by atoms with E-state index in [-0.39, 0.29) is 81.2 Å². The lowest BCUT2D eigenvalue weighted by molar-refractivity contribution is -0.160. The SMILES string of the molecule is CCC(=O)OC[C@H](COP(=O)(O)OCCNCC(=O)CCC(NC(=O)c1ccc(NCc2cnc3nc(N)[nH]c(=O)c3n2)cc1)C(=O)O)OC(=O)CC. The fraction of sp³-hybridized carbons (Fsp3) is 0.452. The number of benzene rings is 1. The second-order valence-corrected chi connectivity index (χ2v) is 12.6. The van der Waals surface area contributed by atoms with Crippen molar-refractivity contribution in [2.24, 2.45) is 0 Å². The summed E-state index contributed by atoms with van der Waals surface area (Å²) in [7, 11) is -4.61. The molecule has 3 aromatic rings. The Labute approximate surface area is 302 Å². The standard InChI is InChI=1S/C31H41N8O13P/c1-3-24(41)49-16-22(52-25(42)4-2)17-51-53(47,48)50-12-11-33-15-21(40)9-10-23(30(45)46)37-28(43)18-5-7-19(8-6-18)34-13-20-14-35-27-26(36-20)29(44)39-31(32)38-27/h5-8,14,22-23,33-34H,3-4,9-13,15-17H2,1-2H3,(H,37,43)(H,45,46)(H,47,48)(H3,32,35,38,39,44)/t22-,23?/m1/s1. The predicted octanol–water partition coefficient (Wildman–Crippen LogP) is 0.438. The van der Waals surface area contributed by atoms with E-state index in [1.807, 2.05) is 0 Å². The number of aromatic nitrogens is 4. The number of nitrogen functional groups attached to an aromatic ring is 1. The average Bonchev–Trinajstić information content (AvgIpc) is 3.13. The van der Waals surface area contributed by atoms with Crippen molar-refractivity contribution in [1.82, 2.24) is 30.6 Å². The van der Waals surface area contributed by atoms with Crippen molar-refractivity contribution < 1.29 is 57.1 Å². The molecule has 1 aromatic carbocycles. The lowest BCUT2D eigenvalue weighted by Gasteiger charge is -2.19. The third-order valence-corrected chi connectivity index (χ3v) is 7.99. The molecule has 8 N–H and O–H groups in total. The van der Waals surface area contributed by atoms with E-state index in [1.54, 1.807) is 19.1 Å². The monoisotopic (exact) mass is 764 g/mol. The summed E-state index contributed by atoms with van der Waals surface area (Å²) in [4.78, 5) is 96.5. The number of phosphoric acid groups is 1. The van der Waals surface area contributed by atoms with Crippen molar-refractivity contribution in [2.45, 2.75) is 58.2 Å². The highest BCUT2D eigenvalue weighted by Crippen LogP contribution is 2.43. The van der Waals surface area contributed by atoms with Gasteiger partial charge < -0.3 is 41.2 Å². The second kappa shape index (κ2) is 20.6. The predicted molar refractivity (Wildman–Crippen MR) is 185 cm³/mol. The first kappa shape index (κ1) is 42.1. The third-order valence-electron chi connectivity index (χ3n) is 7.01. The fourth-order valence-corrected chi connectivity index (χ4v) is 4.98. The quantitative estimate of drug-likeness (QED) is 0.0391. The summed E-state index contributed by atoms with van der Waals surface area (Å²) in [6.45, 7) is 1.67. The maximum absolute atomic E-state index is 12.8. The number of carbonyl (C=O) groups is 5. The maximum Gasteiger partial charge on any atom is 0.472 e. The van der Waals surface area contributed by atoms with Gasteiger partial charge in [-0.2, -0.15) is 4.98 Å². The molecule has 0 saturated carbocycles. The lowest BCUT2D eigenvalue weighted by Crippen LogP contribution is -2.41. The summed E-state index contributed by atoms with van der Waals surface area (Å²) < 4.78 is 31.8. The molecule has 2 unspecified atom stereocenters. The highest BCUT2D eigenvalue weighted by molar-refractivity contribution is 7.47. The van der Waals surface area contributed by atoms with Crippen LogP contribution in [0.25, 0.3) is 11.2 Å². The van der Waals surface area contributed by atoms with Gasteiger partial charge in [0.2, 0.25) is 5.95 Å². The summed E-state index contributed by atoms with van der Waals surface area (Å²) in [5.41, 5.74) is 6.31. The number of fused-ring (bicyclic) bond motifs is 1. The number of ketones is 1. The molecule has 0 aliphatic rings. The number of rotatable bonds is 23. The molecule has 288 valence electrons. The van der Waals surface area contributed by atoms with Crippen LogP contribution in [0.15, 0.2) is 35.3 Å². The van der Waals surface area contributed by atoms with Gasteiger partial charge in [0.1, 0.15) is 18.4 Å². The van der Waals surface area contributed by atoms with E-state index in [2.05, 4.69) is 35.9 Å². The number of phosphoric ester groups is 1. The molecule has 2 heterocycles. The van der Waals surface area contributed by atoms with E-state index in [0.29, 0.717) is 11.4 Å². The number of nitrogens with zero attached hydrogens (tertiary/aromatic N) is 3. The Balaban J connectivity index is 1.37. The molecule has 3 atom stereocenters. The van der Waals surface area contributed by atoms with Crippen molar-refractivity contribution in [2.75, 3.05) is 44.0 Å². The number of carboxylic acid groups (broad SMARTS) is 1. The van der Waals surface area contributed by atoms with E-state index in [1.165, 1.54) is 25.3 Å². The Hall–Kier alpha value is -5.34. The highest BCUT2D eigenvalue weighted by atomic mass is 31.2. The van der Waals surface area contributed by atoms with Gasteiger partial charge in [-0.05, 0) is 30.7 Å². The molecule has 0 radical (unpaired) electrons. The molecule has 0 aliphatic heterocycles. The van der Waals surface area contributed by atoms with Gasteiger partial charge in [-0.3, -0.25) is 38.0 Å². The van der Waals surface area contributed by atoms with Gasteiger partial charge in [0.15, 0.2) is 17.3 Å². The summed E-state index contributed by atoms with van der Waals surface area (Å²) >= 11 is 0. The van der Waals surface area contributed by atoms with E-state index in [0.717, 1.165) is 0 Å². The number of Topliss-reactive ketones (excluding diaryl/α,β-unsaturated/α-hetero) is 1. The van der Waals surface area contributed by atoms with E-state index >= 15 is 0 Å². The van der Waals surface area contributed by atoms with Gasteiger partial charge in [0.05, 0.1) is 38.2 Å². The fourth-order valence-electron chi connectivity index (χ4n) is 4.23. The van der Waals surface area contributed by atoms with Gasteiger partial charge in [0.25, 0.3) is 11.5 Å².